The fourth-order valence-electron chi connectivity index (χ4n) is 13.3. The minimum atomic E-state index is -0.682. The molecule has 0 N–H and O–H groups in total. The first-order valence-corrected chi connectivity index (χ1v) is 26.2. The number of rotatable bonds is 5. The molecule has 1 unspecified atom stereocenters. The molecule has 2 heterocycles. The molecule has 1 atom stereocenters. The highest BCUT2D eigenvalue weighted by atomic mass is 16.3. The van der Waals surface area contributed by atoms with Crippen molar-refractivity contribution in [2.75, 3.05) is 9.80 Å². The normalized spacial score (nSPS) is 14.3. The second-order valence-corrected chi connectivity index (χ2v) is 20.3. The number of fused-ring (bicyclic) bond motifs is 20. The highest BCUT2D eigenvalue weighted by molar-refractivity contribution is 6.10. The summed E-state index contributed by atoms with van der Waals surface area (Å²) in [5, 5.41) is 2.25. The van der Waals surface area contributed by atoms with Gasteiger partial charge in [0.1, 0.15) is 11.2 Å². The Morgan fingerprint density at radius 1 is 0.289 bits per heavy atom. The van der Waals surface area contributed by atoms with Crippen LogP contribution in [-0.4, -0.2) is 0 Å². The van der Waals surface area contributed by atoms with Crippen molar-refractivity contribution < 1.29 is 4.42 Å². The maximum atomic E-state index is 6.65. The van der Waals surface area contributed by atoms with Crippen LogP contribution in [0.1, 0.15) is 22.3 Å². The number of furan rings is 1. The van der Waals surface area contributed by atoms with Gasteiger partial charge in [-0.1, -0.05) is 206 Å². The number of nitrogens with zero attached hydrogens (tertiary/aromatic N) is 2. The Balaban J connectivity index is 0.997. The molecule has 0 fully saturated rings. The molecule has 3 aliphatic rings. The standard InChI is InChI=1S/C73H46N2O/c1-3-21-47(22-4-1)51-25-13-18-36-68(51)74(50-40-42-70-62(44-50)55-29-10-8-27-53(55)58-32-14-19-37-69(58)75(70)48-23-5-2-6-24-48)49-39-41-66-60(43-49)54-28-9-7-26-52(54)56-30-11-16-34-64(56)73(66)65-35-17-12-31-57(65)61-46-72-63(45-67(61)73)59-33-15-20-38-71(59)76-72/h1-46H. The zero-order valence-corrected chi connectivity index (χ0v) is 41.4. The van der Waals surface area contributed by atoms with Crippen LogP contribution in [0.4, 0.5) is 34.1 Å². The van der Waals surface area contributed by atoms with Gasteiger partial charge in [0.25, 0.3) is 0 Å². The van der Waals surface area contributed by atoms with Gasteiger partial charge in [0.05, 0.1) is 22.5 Å². The van der Waals surface area contributed by atoms with Crippen molar-refractivity contribution in [1.29, 1.82) is 0 Å². The topological polar surface area (TPSA) is 19.6 Å². The number of benzene rings is 12. The van der Waals surface area contributed by atoms with Crippen LogP contribution in [0.2, 0.25) is 0 Å². The van der Waals surface area contributed by atoms with Gasteiger partial charge in [0.15, 0.2) is 0 Å². The number of para-hydroxylation sites is 4. The Morgan fingerprint density at radius 2 is 0.776 bits per heavy atom. The van der Waals surface area contributed by atoms with Crippen molar-refractivity contribution in [3.8, 4) is 66.8 Å². The number of hydrogen-bond donors (Lipinski definition) is 0. The van der Waals surface area contributed by atoms with E-state index in [2.05, 4.69) is 289 Å². The molecule has 2 aliphatic carbocycles. The van der Waals surface area contributed by atoms with Crippen molar-refractivity contribution in [1.82, 2.24) is 0 Å². The lowest BCUT2D eigenvalue weighted by Crippen LogP contribution is -2.29. The van der Waals surface area contributed by atoms with E-state index >= 15 is 0 Å². The van der Waals surface area contributed by atoms with Gasteiger partial charge >= 0.3 is 0 Å². The summed E-state index contributed by atoms with van der Waals surface area (Å²) in [5.41, 5.74) is 27.1. The molecule has 0 radical (unpaired) electrons. The van der Waals surface area contributed by atoms with E-state index in [0.29, 0.717) is 0 Å². The van der Waals surface area contributed by atoms with Crippen LogP contribution in [-0.2, 0) is 5.41 Å². The largest absolute Gasteiger partial charge is 0.456 e. The molecule has 13 aromatic rings. The summed E-state index contributed by atoms with van der Waals surface area (Å²) in [6.45, 7) is 0. The molecule has 3 heteroatoms. The van der Waals surface area contributed by atoms with Crippen LogP contribution in [0.5, 0.6) is 0 Å². The molecule has 0 saturated heterocycles. The highest BCUT2D eigenvalue weighted by Gasteiger charge is 2.50. The third-order valence-corrected chi connectivity index (χ3v) is 16.4. The molecule has 354 valence electrons. The SMILES string of the molecule is c1ccc(-c2ccccc2N(c2ccc3c(c2)-c2ccccc2-c2ccccc2N3c2ccccc2)c2ccc3c(c2)-c2ccccc2-c2ccccc2C32c3ccccc3-c3cc4oc5ccccc5c4cc32)cc1. The Kier molecular flexibility index (Phi) is 9.25. The van der Waals surface area contributed by atoms with Crippen LogP contribution in [0.3, 0.4) is 0 Å². The van der Waals surface area contributed by atoms with E-state index in [9.17, 15) is 0 Å². The van der Waals surface area contributed by atoms with Gasteiger partial charge in [-0.15, -0.1) is 0 Å². The van der Waals surface area contributed by atoms with Gasteiger partial charge in [-0.25, -0.2) is 0 Å². The molecule has 0 saturated carbocycles. The van der Waals surface area contributed by atoms with E-state index in [1.54, 1.807) is 0 Å². The van der Waals surface area contributed by atoms with Crippen molar-refractivity contribution in [3.05, 3.63) is 301 Å². The smallest absolute Gasteiger partial charge is 0.136 e. The second kappa shape index (κ2) is 16.5. The molecule has 12 aromatic carbocycles. The maximum Gasteiger partial charge on any atom is 0.136 e. The highest BCUT2D eigenvalue weighted by Crippen LogP contribution is 2.63. The van der Waals surface area contributed by atoms with Gasteiger partial charge in [0, 0.05) is 44.5 Å². The lowest BCUT2D eigenvalue weighted by Gasteiger charge is -2.36. The quantitative estimate of drug-likeness (QED) is 0.171. The average molecular weight is 967 g/mol. The van der Waals surface area contributed by atoms with Crippen LogP contribution < -0.4 is 9.80 Å². The summed E-state index contributed by atoms with van der Waals surface area (Å²) in [4.78, 5) is 4.94. The monoisotopic (exact) mass is 966 g/mol. The number of hydrogen-bond acceptors (Lipinski definition) is 3. The van der Waals surface area contributed by atoms with Gasteiger partial charge in [-0.2, -0.15) is 0 Å². The first-order valence-electron chi connectivity index (χ1n) is 26.2. The lowest BCUT2D eigenvalue weighted by atomic mass is 9.65. The molecule has 0 bridgehead atoms. The Labute approximate surface area is 441 Å². The van der Waals surface area contributed by atoms with Crippen LogP contribution in [0, 0.1) is 0 Å². The van der Waals surface area contributed by atoms with E-state index < -0.39 is 5.41 Å². The average Bonchev–Trinajstić information content (AvgIpc) is 4.10. The van der Waals surface area contributed by atoms with E-state index in [0.717, 1.165) is 72.8 Å². The van der Waals surface area contributed by atoms with Gasteiger partial charge < -0.3 is 14.2 Å². The zero-order chi connectivity index (χ0) is 49.9. The summed E-state index contributed by atoms with van der Waals surface area (Å²) in [6.07, 6.45) is 0. The zero-order valence-electron chi connectivity index (χ0n) is 41.4. The summed E-state index contributed by atoms with van der Waals surface area (Å²) in [7, 11) is 0. The van der Waals surface area contributed by atoms with E-state index in [-0.39, 0.29) is 0 Å². The summed E-state index contributed by atoms with van der Waals surface area (Å²) >= 11 is 0. The first kappa shape index (κ1) is 42.5. The van der Waals surface area contributed by atoms with E-state index in [1.165, 1.54) is 72.3 Å². The minimum absolute atomic E-state index is 0.682. The predicted molar refractivity (Wildman–Crippen MR) is 315 cm³/mol. The summed E-state index contributed by atoms with van der Waals surface area (Å²) in [6, 6.07) is 103. The maximum absolute atomic E-state index is 6.65. The molecule has 1 spiro atoms. The van der Waals surface area contributed by atoms with Crippen molar-refractivity contribution in [3.63, 3.8) is 0 Å². The van der Waals surface area contributed by atoms with E-state index in [4.69, 9.17) is 4.42 Å². The third kappa shape index (κ3) is 6.05. The van der Waals surface area contributed by atoms with Crippen molar-refractivity contribution >= 4 is 56.1 Å². The third-order valence-electron chi connectivity index (χ3n) is 16.4. The van der Waals surface area contributed by atoms with Gasteiger partial charge in [0.2, 0.25) is 0 Å². The molecule has 1 aliphatic heterocycles. The Bertz CT molecular complexity index is 4490. The van der Waals surface area contributed by atoms with Gasteiger partial charge in [-0.05, 0) is 145 Å². The second-order valence-electron chi connectivity index (χ2n) is 20.3. The van der Waals surface area contributed by atoms with Crippen molar-refractivity contribution in [2.45, 2.75) is 5.41 Å². The Hall–Kier alpha value is -9.96. The molecule has 76 heavy (non-hydrogen) atoms. The molecular formula is C73H46N2O. The lowest BCUT2D eigenvalue weighted by molar-refractivity contribution is 0.668. The van der Waals surface area contributed by atoms with Crippen LogP contribution >= 0.6 is 0 Å². The van der Waals surface area contributed by atoms with E-state index in [1.807, 2.05) is 0 Å². The molecule has 1 aromatic heterocycles. The predicted octanol–water partition coefficient (Wildman–Crippen LogP) is 19.9. The summed E-state index contributed by atoms with van der Waals surface area (Å²) in [5.74, 6) is 0. The number of anilines is 6. The molecule has 16 rings (SSSR count). The summed E-state index contributed by atoms with van der Waals surface area (Å²) < 4.78 is 6.65. The van der Waals surface area contributed by atoms with Crippen LogP contribution in [0.25, 0.3) is 88.7 Å². The Morgan fingerprint density at radius 3 is 1.51 bits per heavy atom. The van der Waals surface area contributed by atoms with Gasteiger partial charge in [-0.3, -0.25) is 0 Å². The molecular weight excluding hydrogens is 921 g/mol. The molecule has 3 nitrogen and oxygen atoms in total. The minimum Gasteiger partial charge on any atom is -0.456 e. The fraction of sp³-hybridized carbons (Fsp3) is 0.0137. The fourth-order valence-corrected chi connectivity index (χ4v) is 13.3. The van der Waals surface area contributed by atoms with Crippen molar-refractivity contribution in [2.24, 2.45) is 0 Å². The first-order chi connectivity index (χ1) is 37.7. The van der Waals surface area contributed by atoms with Crippen LogP contribution in [0.15, 0.2) is 283 Å². The molecule has 0 amide bonds.